The Labute approximate surface area is 112 Å². The maximum absolute atomic E-state index is 5.78. The van der Waals surface area contributed by atoms with Gasteiger partial charge in [0.15, 0.2) is 5.58 Å². The van der Waals surface area contributed by atoms with Crippen LogP contribution >= 0.6 is 0 Å². The van der Waals surface area contributed by atoms with Crippen molar-refractivity contribution in [1.82, 2.24) is 4.98 Å². The fourth-order valence-corrected chi connectivity index (χ4v) is 2.11. The van der Waals surface area contributed by atoms with Crippen LogP contribution in [0.5, 0.6) is 0 Å². The van der Waals surface area contributed by atoms with Crippen LogP contribution in [0.25, 0.3) is 22.6 Å². The molecule has 0 aliphatic carbocycles. The minimum absolute atomic E-state index is 0.647. The third kappa shape index (κ3) is 2.37. The van der Waals surface area contributed by atoms with E-state index in [0.29, 0.717) is 12.4 Å². The number of rotatable bonds is 3. The molecule has 2 aromatic carbocycles. The molecule has 3 heteroatoms. The van der Waals surface area contributed by atoms with Gasteiger partial charge in [-0.15, -0.1) is 0 Å². The first-order chi connectivity index (χ1) is 9.26. The number of hydrogen-bond donors (Lipinski definition) is 1. The molecule has 3 aromatic rings. The zero-order chi connectivity index (χ0) is 13.2. The second kappa shape index (κ2) is 4.86. The lowest BCUT2D eigenvalue weighted by atomic mass is 10.1. The van der Waals surface area contributed by atoms with Crippen LogP contribution in [0.3, 0.4) is 0 Å². The van der Waals surface area contributed by atoms with Gasteiger partial charge in [-0.1, -0.05) is 23.8 Å². The number of nitrogens with two attached hydrogens (primary N) is 1. The zero-order valence-corrected chi connectivity index (χ0v) is 10.9. The largest absolute Gasteiger partial charge is 0.436 e. The summed E-state index contributed by atoms with van der Waals surface area (Å²) in [6.07, 6.45) is 0.864. The Morgan fingerprint density at radius 1 is 1.11 bits per heavy atom. The smallest absolute Gasteiger partial charge is 0.227 e. The summed E-state index contributed by atoms with van der Waals surface area (Å²) in [6.45, 7) is 2.71. The van der Waals surface area contributed by atoms with Crippen LogP contribution in [-0.4, -0.2) is 11.5 Å². The molecule has 0 atom stereocenters. The summed E-state index contributed by atoms with van der Waals surface area (Å²) < 4.78 is 5.78. The summed E-state index contributed by atoms with van der Waals surface area (Å²) in [5.41, 5.74) is 10.7. The number of oxazole rings is 1. The second-order valence-corrected chi connectivity index (χ2v) is 4.73. The topological polar surface area (TPSA) is 52.0 Å². The molecule has 3 rings (SSSR count). The highest BCUT2D eigenvalue weighted by Gasteiger charge is 2.08. The predicted molar refractivity (Wildman–Crippen MR) is 76.9 cm³/mol. The molecule has 1 aromatic heterocycles. The van der Waals surface area contributed by atoms with E-state index >= 15 is 0 Å². The Morgan fingerprint density at radius 2 is 1.89 bits per heavy atom. The maximum Gasteiger partial charge on any atom is 0.227 e. The predicted octanol–water partition coefficient (Wildman–Crippen LogP) is 3.30. The summed E-state index contributed by atoms with van der Waals surface area (Å²) >= 11 is 0. The second-order valence-electron chi connectivity index (χ2n) is 4.73. The highest BCUT2D eigenvalue weighted by Crippen LogP contribution is 2.25. The quantitative estimate of drug-likeness (QED) is 0.778. The number of benzene rings is 2. The van der Waals surface area contributed by atoms with Crippen molar-refractivity contribution in [2.75, 3.05) is 6.54 Å². The van der Waals surface area contributed by atoms with Gasteiger partial charge >= 0.3 is 0 Å². The number of aryl methyl sites for hydroxylation is 1. The van der Waals surface area contributed by atoms with Crippen molar-refractivity contribution >= 4 is 11.1 Å². The molecular formula is C16H16N2O. The van der Waals surface area contributed by atoms with Crippen LogP contribution in [0.2, 0.25) is 0 Å². The Kier molecular flexibility index (Phi) is 3.05. The fraction of sp³-hybridized carbons (Fsp3) is 0.188. The number of hydrogen-bond acceptors (Lipinski definition) is 3. The van der Waals surface area contributed by atoms with Crippen molar-refractivity contribution in [3.8, 4) is 11.5 Å². The van der Waals surface area contributed by atoms with Crippen molar-refractivity contribution in [2.45, 2.75) is 13.3 Å². The van der Waals surface area contributed by atoms with Gasteiger partial charge in [-0.25, -0.2) is 4.98 Å². The first-order valence-electron chi connectivity index (χ1n) is 6.43. The minimum Gasteiger partial charge on any atom is -0.436 e. The standard InChI is InChI=1S/C16H16N2O/c1-11-2-5-13(6-3-11)16-18-14-10-12(8-9-17)4-7-15(14)19-16/h2-7,10H,8-9,17H2,1H3. The maximum atomic E-state index is 5.78. The molecule has 0 bridgehead atoms. The van der Waals surface area contributed by atoms with E-state index in [2.05, 4.69) is 24.0 Å². The molecule has 2 N–H and O–H groups in total. The average Bonchev–Trinajstić information content (AvgIpc) is 2.83. The molecule has 0 aliphatic heterocycles. The van der Waals surface area contributed by atoms with Gasteiger partial charge in [0.25, 0.3) is 0 Å². The van der Waals surface area contributed by atoms with Crippen molar-refractivity contribution in [1.29, 1.82) is 0 Å². The Bertz CT molecular complexity index is 698. The normalized spacial score (nSPS) is 11.1. The van der Waals surface area contributed by atoms with Crippen molar-refractivity contribution in [2.24, 2.45) is 5.73 Å². The SMILES string of the molecule is Cc1ccc(-c2nc3cc(CCN)ccc3o2)cc1. The summed E-state index contributed by atoms with van der Waals surface area (Å²) in [4.78, 5) is 4.55. The molecule has 0 saturated heterocycles. The Hall–Kier alpha value is -2.13. The highest BCUT2D eigenvalue weighted by molar-refractivity contribution is 5.76. The van der Waals surface area contributed by atoms with Crippen LogP contribution < -0.4 is 5.73 Å². The van der Waals surface area contributed by atoms with Gasteiger partial charge in [0.2, 0.25) is 5.89 Å². The third-order valence-corrected chi connectivity index (χ3v) is 3.18. The van der Waals surface area contributed by atoms with Crippen LogP contribution in [0.4, 0.5) is 0 Å². The van der Waals surface area contributed by atoms with Crippen molar-refractivity contribution < 1.29 is 4.42 Å². The van der Waals surface area contributed by atoms with Gasteiger partial charge in [-0.2, -0.15) is 0 Å². The van der Waals surface area contributed by atoms with E-state index < -0.39 is 0 Å². The van der Waals surface area contributed by atoms with Gasteiger partial charge in [-0.3, -0.25) is 0 Å². The summed E-state index contributed by atoms with van der Waals surface area (Å²) in [7, 11) is 0. The molecule has 0 saturated carbocycles. The first-order valence-corrected chi connectivity index (χ1v) is 6.43. The van der Waals surface area contributed by atoms with E-state index in [1.165, 1.54) is 11.1 Å². The molecule has 0 fully saturated rings. The van der Waals surface area contributed by atoms with E-state index in [4.69, 9.17) is 10.2 Å². The van der Waals surface area contributed by atoms with E-state index in [0.717, 1.165) is 23.1 Å². The molecule has 19 heavy (non-hydrogen) atoms. The Morgan fingerprint density at radius 3 is 2.63 bits per heavy atom. The van der Waals surface area contributed by atoms with E-state index in [1.807, 2.05) is 30.3 Å². The fourth-order valence-electron chi connectivity index (χ4n) is 2.11. The van der Waals surface area contributed by atoms with Gasteiger partial charge in [0, 0.05) is 5.56 Å². The van der Waals surface area contributed by atoms with Crippen LogP contribution in [0, 0.1) is 6.92 Å². The minimum atomic E-state index is 0.647. The van der Waals surface area contributed by atoms with Gasteiger partial charge in [0.1, 0.15) is 5.52 Å². The molecule has 3 nitrogen and oxygen atoms in total. The van der Waals surface area contributed by atoms with Gasteiger partial charge < -0.3 is 10.2 Å². The van der Waals surface area contributed by atoms with E-state index in [1.54, 1.807) is 0 Å². The van der Waals surface area contributed by atoms with E-state index in [-0.39, 0.29) is 0 Å². The van der Waals surface area contributed by atoms with Gasteiger partial charge in [-0.05, 0) is 49.7 Å². The summed E-state index contributed by atoms with van der Waals surface area (Å²) in [5, 5.41) is 0. The lowest BCUT2D eigenvalue weighted by Gasteiger charge is -1.95. The highest BCUT2D eigenvalue weighted by atomic mass is 16.3. The molecule has 0 unspecified atom stereocenters. The summed E-state index contributed by atoms with van der Waals surface area (Å²) in [6, 6.07) is 14.2. The third-order valence-electron chi connectivity index (χ3n) is 3.18. The molecule has 1 heterocycles. The molecule has 0 amide bonds. The lowest BCUT2D eigenvalue weighted by molar-refractivity contribution is 0.620. The van der Waals surface area contributed by atoms with Crippen LogP contribution in [0.1, 0.15) is 11.1 Å². The van der Waals surface area contributed by atoms with Crippen LogP contribution in [-0.2, 0) is 6.42 Å². The van der Waals surface area contributed by atoms with E-state index in [9.17, 15) is 0 Å². The van der Waals surface area contributed by atoms with Crippen molar-refractivity contribution in [3.05, 3.63) is 53.6 Å². The zero-order valence-electron chi connectivity index (χ0n) is 10.9. The van der Waals surface area contributed by atoms with Gasteiger partial charge in [0.05, 0.1) is 0 Å². The number of aromatic nitrogens is 1. The van der Waals surface area contributed by atoms with Crippen LogP contribution in [0.15, 0.2) is 46.9 Å². The number of fused-ring (bicyclic) bond motifs is 1. The molecule has 96 valence electrons. The Balaban J connectivity index is 2.03. The average molecular weight is 252 g/mol. The first kappa shape index (κ1) is 11.9. The molecule has 0 aliphatic rings. The lowest BCUT2D eigenvalue weighted by Crippen LogP contribution is -2.02. The molecular weight excluding hydrogens is 236 g/mol. The monoisotopic (exact) mass is 252 g/mol. The van der Waals surface area contributed by atoms with Crippen molar-refractivity contribution in [3.63, 3.8) is 0 Å². The summed E-state index contributed by atoms with van der Waals surface area (Å²) in [5.74, 6) is 0.667. The number of nitrogens with zero attached hydrogens (tertiary/aromatic N) is 1. The molecule has 0 spiro atoms. The molecule has 0 radical (unpaired) electrons.